The molecule has 0 radical (unpaired) electrons. The number of nitrogens with zero attached hydrogens (tertiary/aromatic N) is 2. The van der Waals surface area contributed by atoms with Gasteiger partial charge >= 0.3 is 0 Å². The molecular weight excluding hydrogens is 358 g/mol. The molecule has 1 saturated carbocycles. The van der Waals surface area contributed by atoms with Crippen molar-refractivity contribution in [3.63, 3.8) is 0 Å². The van der Waals surface area contributed by atoms with Crippen LogP contribution in [0.3, 0.4) is 0 Å². The Kier molecular flexibility index (Phi) is 4.21. The van der Waals surface area contributed by atoms with Crippen LogP contribution in [-0.2, 0) is 0 Å². The van der Waals surface area contributed by atoms with Crippen molar-refractivity contribution in [2.45, 2.75) is 38.1 Å². The van der Waals surface area contributed by atoms with E-state index in [1.807, 2.05) is 48.5 Å². The average Bonchev–Trinajstić information content (AvgIpc) is 3.08. The van der Waals surface area contributed by atoms with Crippen LogP contribution in [0.1, 0.15) is 32.1 Å². The Morgan fingerprint density at radius 2 is 1.70 bits per heavy atom. The number of anilines is 1. The largest absolute Gasteiger partial charge is 0.450 e. The van der Waals surface area contributed by atoms with Crippen molar-refractivity contribution in [2.24, 2.45) is 0 Å². The van der Waals surface area contributed by atoms with Gasteiger partial charge in [0.05, 0.1) is 0 Å². The number of rotatable bonds is 3. The van der Waals surface area contributed by atoms with E-state index >= 15 is 0 Å². The molecule has 1 N–H and O–H groups in total. The second kappa shape index (κ2) is 6.86. The van der Waals surface area contributed by atoms with Crippen LogP contribution in [-0.4, -0.2) is 16.0 Å². The van der Waals surface area contributed by atoms with Crippen LogP contribution in [0, 0.1) is 0 Å². The van der Waals surface area contributed by atoms with Crippen molar-refractivity contribution >= 4 is 39.5 Å². The highest BCUT2D eigenvalue weighted by Gasteiger charge is 2.20. The van der Waals surface area contributed by atoms with E-state index in [2.05, 4.69) is 5.32 Å². The number of halogens is 1. The summed E-state index contributed by atoms with van der Waals surface area (Å²) in [7, 11) is 0. The lowest BCUT2D eigenvalue weighted by Crippen LogP contribution is -2.23. The van der Waals surface area contributed by atoms with Gasteiger partial charge in [0.15, 0.2) is 17.2 Å². The molecule has 0 amide bonds. The smallest absolute Gasteiger partial charge is 0.196 e. The molecule has 136 valence electrons. The van der Waals surface area contributed by atoms with Crippen LogP contribution in [0.4, 0.5) is 5.82 Å². The van der Waals surface area contributed by atoms with Gasteiger partial charge < -0.3 is 9.73 Å². The Morgan fingerprint density at radius 3 is 2.52 bits per heavy atom. The monoisotopic (exact) mass is 377 g/mol. The second-order valence-corrected chi connectivity index (χ2v) is 7.59. The van der Waals surface area contributed by atoms with E-state index in [4.69, 9.17) is 26.0 Å². The van der Waals surface area contributed by atoms with Crippen LogP contribution in [0.25, 0.3) is 33.5 Å². The molecule has 4 nitrogen and oxygen atoms in total. The fourth-order valence-corrected chi connectivity index (χ4v) is 3.98. The topological polar surface area (TPSA) is 51.0 Å². The Bertz CT molecular complexity index is 1100. The average molecular weight is 378 g/mol. The Labute approximate surface area is 162 Å². The maximum Gasteiger partial charge on any atom is 0.196 e. The third-order valence-electron chi connectivity index (χ3n) is 5.27. The van der Waals surface area contributed by atoms with E-state index in [9.17, 15) is 0 Å². The molecule has 0 bridgehead atoms. The Morgan fingerprint density at radius 1 is 0.926 bits per heavy atom. The van der Waals surface area contributed by atoms with E-state index in [0.29, 0.717) is 16.9 Å². The summed E-state index contributed by atoms with van der Waals surface area (Å²) in [5.41, 5.74) is 3.36. The molecule has 4 aromatic rings. The van der Waals surface area contributed by atoms with E-state index < -0.39 is 0 Å². The first-order valence-electron chi connectivity index (χ1n) is 9.50. The molecular formula is C22H20ClN3O. The fraction of sp³-hybridized carbons (Fsp3) is 0.273. The highest BCUT2D eigenvalue weighted by atomic mass is 35.5. The van der Waals surface area contributed by atoms with Crippen LogP contribution in [0.15, 0.2) is 52.9 Å². The van der Waals surface area contributed by atoms with Gasteiger partial charge in [-0.3, -0.25) is 0 Å². The third-order valence-corrected chi connectivity index (χ3v) is 5.52. The van der Waals surface area contributed by atoms with E-state index in [-0.39, 0.29) is 0 Å². The lowest BCUT2D eigenvalue weighted by molar-refractivity contribution is 0.461. The minimum atomic E-state index is 0.433. The zero-order valence-corrected chi connectivity index (χ0v) is 15.7. The molecule has 0 atom stereocenters. The Balaban J connectivity index is 1.68. The number of aromatic nitrogens is 2. The van der Waals surface area contributed by atoms with Gasteiger partial charge in [-0.1, -0.05) is 43.0 Å². The number of hydrogen-bond acceptors (Lipinski definition) is 4. The molecule has 2 aromatic heterocycles. The summed E-state index contributed by atoms with van der Waals surface area (Å²) in [6, 6.07) is 16.1. The summed E-state index contributed by atoms with van der Waals surface area (Å²) in [4.78, 5) is 9.66. The van der Waals surface area contributed by atoms with Gasteiger partial charge in [-0.25, -0.2) is 9.97 Å². The molecule has 2 heterocycles. The molecule has 0 aliphatic heterocycles. The molecule has 27 heavy (non-hydrogen) atoms. The van der Waals surface area contributed by atoms with Gasteiger partial charge in [0.1, 0.15) is 11.1 Å². The summed E-state index contributed by atoms with van der Waals surface area (Å²) in [5.74, 6) is 1.47. The van der Waals surface area contributed by atoms with Crippen LogP contribution in [0.5, 0.6) is 0 Å². The molecule has 1 fully saturated rings. The number of hydrogen-bond donors (Lipinski definition) is 1. The van der Waals surface area contributed by atoms with E-state index in [1.165, 1.54) is 32.1 Å². The first-order valence-corrected chi connectivity index (χ1v) is 9.87. The summed E-state index contributed by atoms with van der Waals surface area (Å²) in [5, 5.41) is 5.35. The highest BCUT2D eigenvalue weighted by molar-refractivity contribution is 6.30. The molecule has 2 aromatic carbocycles. The summed E-state index contributed by atoms with van der Waals surface area (Å²) >= 11 is 6.05. The number of para-hydroxylation sites is 1. The normalized spacial score (nSPS) is 15.4. The van der Waals surface area contributed by atoms with Gasteiger partial charge in [-0.05, 0) is 49.2 Å². The van der Waals surface area contributed by atoms with Gasteiger partial charge in [-0.2, -0.15) is 0 Å². The molecule has 0 saturated heterocycles. The zero-order chi connectivity index (χ0) is 18.2. The van der Waals surface area contributed by atoms with Crippen molar-refractivity contribution < 1.29 is 4.42 Å². The lowest BCUT2D eigenvalue weighted by Gasteiger charge is -2.23. The lowest BCUT2D eigenvalue weighted by atomic mass is 9.95. The van der Waals surface area contributed by atoms with Crippen molar-refractivity contribution in [3.8, 4) is 11.4 Å². The molecule has 0 unspecified atom stereocenters. The molecule has 5 rings (SSSR count). The van der Waals surface area contributed by atoms with Crippen molar-refractivity contribution in [2.75, 3.05) is 5.32 Å². The first kappa shape index (κ1) is 16.6. The van der Waals surface area contributed by atoms with Crippen molar-refractivity contribution in [1.29, 1.82) is 0 Å². The predicted molar refractivity (Wildman–Crippen MR) is 110 cm³/mol. The molecule has 1 aliphatic carbocycles. The van der Waals surface area contributed by atoms with Gasteiger partial charge in [0.25, 0.3) is 0 Å². The van der Waals surface area contributed by atoms with Crippen LogP contribution < -0.4 is 5.32 Å². The van der Waals surface area contributed by atoms with Crippen molar-refractivity contribution in [3.05, 3.63) is 53.6 Å². The molecule has 0 spiro atoms. The maximum absolute atomic E-state index is 6.13. The van der Waals surface area contributed by atoms with Crippen LogP contribution >= 0.6 is 11.6 Å². The number of furan rings is 1. The van der Waals surface area contributed by atoms with E-state index in [0.717, 1.165) is 33.5 Å². The third kappa shape index (κ3) is 3.15. The minimum Gasteiger partial charge on any atom is -0.450 e. The molecule has 1 aliphatic rings. The first-order chi connectivity index (χ1) is 13.3. The summed E-state index contributed by atoms with van der Waals surface area (Å²) in [6.45, 7) is 0. The SMILES string of the molecule is Clc1ccc(-c2nc(NC3CCCCC3)c3oc4ccccc4c3n2)cc1. The number of nitrogens with one attached hydrogen (secondary N) is 1. The van der Waals surface area contributed by atoms with Gasteiger partial charge in [-0.15, -0.1) is 0 Å². The van der Waals surface area contributed by atoms with Gasteiger partial charge in [0, 0.05) is 22.0 Å². The molecule has 5 heteroatoms. The van der Waals surface area contributed by atoms with Crippen LogP contribution in [0.2, 0.25) is 5.02 Å². The second-order valence-electron chi connectivity index (χ2n) is 7.16. The highest BCUT2D eigenvalue weighted by Crippen LogP contribution is 2.34. The predicted octanol–water partition coefficient (Wildman–Crippen LogP) is 6.44. The van der Waals surface area contributed by atoms with E-state index in [1.54, 1.807) is 0 Å². The zero-order valence-electron chi connectivity index (χ0n) is 14.9. The summed E-state index contributed by atoms with van der Waals surface area (Å²) < 4.78 is 6.13. The summed E-state index contributed by atoms with van der Waals surface area (Å²) in [6.07, 6.45) is 6.17. The fourth-order valence-electron chi connectivity index (χ4n) is 3.86. The van der Waals surface area contributed by atoms with Gasteiger partial charge in [0.2, 0.25) is 0 Å². The Hall–Kier alpha value is -2.59. The minimum absolute atomic E-state index is 0.433. The number of fused-ring (bicyclic) bond motifs is 3. The number of benzene rings is 2. The maximum atomic E-state index is 6.13. The quantitative estimate of drug-likeness (QED) is 0.446. The standard InChI is InChI=1S/C22H20ClN3O/c23-15-12-10-14(11-13-15)21-25-19-17-8-4-5-9-18(17)27-20(19)22(26-21)24-16-6-2-1-3-7-16/h4-5,8-13,16H,1-3,6-7H2,(H,24,25,26). The van der Waals surface area contributed by atoms with Crippen molar-refractivity contribution in [1.82, 2.24) is 9.97 Å².